The van der Waals surface area contributed by atoms with Crippen LogP contribution in [0.15, 0.2) is 24.4 Å². The van der Waals surface area contributed by atoms with Crippen LogP contribution in [0.3, 0.4) is 0 Å². The zero-order valence-corrected chi connectivity index (χ0v) is 9.34. The van der Waals surface area contributed by atoms with Gasteiger partial charge < -0.3 is 10.5 Å². The molecule has 2 N–H and O–H groups in total. The highest BCUT2D eigenvalue weighted by atomic mass is 16.5. The molecule has 0 bridgehead atoms. The number of hydrogen-bond acceptors (Lipinski definition) is 4. The number of hydrogen-bond donors (Lipinski definition) is 1. The highest BCUT2D eigenvalue weighted by Crippen LogP contribution is 2.21. The summed E-state index contributed by atoms with van der Waals surface area (Å²) in [6, 6.07) is 5.59. The smallest absolute Gasteiger partial charge is 0.134 e. The lowest BCUT2D eigenvalue weighted by Crippen LogP contribution is -1.98. The maximum atomic E-state index is 5.69. The fraction of sp³-hybridized carbons (Fsp3) is 0.273. The Bertz CT molecular complexity index is 492. The molecule has 1 aromatic carbocycles. The molecule has 0 amide bonds. The molecular formula is C11H14N4O. The molecule has 2 rings (SSSR count). The second kappa shape index (κ2) is 4.22. The van der Waals surface area contributed by atoms with Crippen LogP contribution in [0.4, 0.5) is 5.69 Å². The second-order valence-corrected chi connectivity index (χ2v) is 3.70. The maximum absolute atomic E-state index is 5.69. The zero-order valence-electron chi connectivity index (χ0n) is 9.34. The first-order chi connectivity index (χ1) is 7.65. The molecule has 0 unspecified atom stereocenters. The van der Waals surface area contributed by atoms with Gasteiger partial charge in [0.2, 0.25) is 0 Å². The van der Waals surface area contributed by atoms with Crippen molar-refractivity contribution >= 4 is 5.69 Å². The lowest BCUT2D eigenvalue weighted by Gasteiger charge is -2.07. The fourth-order valence-corrected chi connectivity index (χ4v) is 1.39. The number of aromatic nitrogens is 3. The number of nitrogen functional groups attached to an aromatic ring is 1. The van der Waals surface area contributed by atoms with Crippen LogP contribution < -0.4 is 10.5 Å². The third kappa shape index (κ3) is 2.31. The van der Waals surface area contributed by atoms with Gasteiger partial charge in [0.15, 0.2) is 0 Å². The van der Waals surface area contributed by atoms with Gasteiger partial charge in [-0.15, -0.1) is 5.10 Å². The van der Waals surface area contributed by atoms with Crippen molar-refractivity contribution in [3.63, 3.8) is 0 Å². The Labute approximate surface area is 93.8 Å². The number of aryl methyl sites for hydroxylation is 2. The molecule has 2 aromatic rings. The molecule has 0 atom stereocenters. The quantitative estimate of drug-likeness (QED) is 0.788. The summed E-state index contributed by atoms with van der Waals surface area (Å²) in [5, 5.41) is 7.77. The molecule has 5 nitrogen and oxygen atoms in total. The summed E-state index contributed by atoms with van der Waals surface area (Å²) < 4.78 is 7.26. The molecule has 0 spiro atoms. The average Bonchev–Trinajstić information content (AvgIpc) is 2.66. The van der Waals surface area contributed by atoms with Crippen LogP contribution in [0, 0.1) is 6.92 Å². The summed E-state index contributed by atoms with van der Waals surface area (Å²) in [6.07, 6.45) is 1.82. The topological polar surface area (TPSA) is 66.0 Å². The van der Waals surface area contributed by atoms with Crippen LogP contribution in [-0.4, -0.2) is 15.0 Å². The Morgan fingerprint density at radius 3 is 2.94 bits per heavy atom. The SMILES string of the molecule is Cc1ccc(N)cc1OCc1cn(C)nn1. The number of ether oxygens (including phenoxy) is 1. The minimum absolute atomic E-state index is 0.401. The van der Waals surface area contributed by atoms with Gasteiger partial charge in [0.25, 0.3) is 0 Å². The minimum Gasteiger partial charge on any atom is -0.487 e. The molecule has 0 aliphatic rings. The fourth-order valence-electron chi connectivity index (χ4n) is 1.39. The van der Waals surface area contributed by atoms with E-state index in [4.69, 9.17) is 10.5 Å². The summed E-state index contributed by atoms with van der Waals surface area (Å²) >= 11 is 0. The zero-order chi connectivity index (χ0) is 11.5. The predicted octanol–water partition coefficient (Wildman–Crippen LogP) is 1.28. The van der Waals surface area contributed by atoms with Gasteiger partial charge in [0, 0.05) is 18.8 Å². The number of nitrogens with zero attached hydrogens (tertiary/aromatic N) is 3. The monoisotopic (exact) mass is 218 g/mol. The van der Waals surface area contributed by atoms with E-state index in [9.17, 15) is 0 Å². The first kappa shape index (κ1) is 10.5. The van der Waals surface area contributed by atoms with Gasteiger partial charge in [-0.2, -0.15) is 0 Å². The van der Waals surface area contributed by atoms with Crippen LogP contribution in [-0.2, 0) is 13.7 Å². The molecule has 16 heavy (non-hydrogen) atoms. The Balaban J connectivity index is 2.07. The van der Waals surface area contributed by atoms with Crippen LogP contribution >= 0.6 is 0 Å². The minimum atomic E-state index is 0.401. The number of rotatable bonds is 3. The number of anilines is 1. The molecule has 0 fully saturated rings. The van der Waals surface area contributed by atoms with Gasteiger partial charge >= 0.3 is 0 Å². The molecule has 1 aromatic heterocycles. The Hall–Kier alpha value is -2.04. The molecule has 0 saturated heterocycles. The molecule has 84 valence electrons. The Morgan fingerprint density at radius 2 is 2.25 bits per heavy atom. The van der Waals surface area contributed by atoms with E-state index in [2.05, 4.69) is 10.3 Å². The van der Waals surface area contributed by atoms with E-state index in [0.717, 1.165) is 17.0 Å². The Morgan fingerprint density at radius 1 is 1.44 bits per heavy atom. The lowest BCUT2D eigenvalue weighted by atomic mass is 10.2. The molecule has 0 saturated carbocycles. The third-order valence-corrected chi connectivity index (χ3v) is 2.24. The third-order valence-electron chi connectivity index (χ3n) is 2.24. The van der Waals surface area contributed by atoms with E-state index in [1.807, 2.05) is 38.4 Å². The van der Waals surface area contributed by atoms with E-state index in [0.29, 0.717) is 12.3 Å². The lowest BCUT2D eigenvalue weighted by molar-refractivity contribution is 0.299. The van der Waals surface area contributed by atoms with E-state index < -0.39 is 0 Å². The molecule has 0 aliphatic heterocycles. The van der Waals surface area contributed by atoms with E-state index in [1.165, 1.54) is 0 Å². The second-order valence-electron chi connectivity index (χ2n) is 3.70. The van der Waals surface area contributed by atoms with Crippen LogP contribution in [0.5, 0.6) is 5.75 Å². The summed E-state index contributed by atoms with van der Waals surface area (Å²) in [5.74, 6) is 0.783. The van der Waals surface area contributed by atoms with Crippen LogP contribution in [0.1, 0.15) is 11.3 Å². The van der Waals surface area contributed by atoms with Gasteiger partial charge in [-0.25, -0.2) is 0 Å². The van der Waals surface area contributed by atoms with Crippen molar-refractivity contribution < 1.29 is 4.74 Å². The van der Waals surface area contributed by atoms with Gasteiger partial charge in [0.05, 0.1) is 6.20 Å². The van der Waals surface area contributed by atoms with E-state index >= 15 is 0 Å². The van der Waals surface area contributed by atoms with Crippen molar-refractivity contribution in [2.75, 3.05) is 5.73 Å². The highest BCUT2D eigenvalue weighted by molar-refractivity contribution is 5.47. The van der Waals surface area contributed by atoms with Gasteiger partial charge in [-0.1, -0.05) is 11.3 Å². The summed E-state index contributed by atoms with van der Waals surface area (Å²) in [5.41, 5.74) is 8.23. The van der Waals surface area contributed by atoms with E-state index in [1.54, 1.807) is 4.68 Å². The molecule has 0 radical (unpaired) electrons. The summed E-state index contributed by atoms with van der Waals surface area (Å²) in [7, 11) is 1.82. The first-order valence-electron chi connectivity index (χ1n) is 4.99. The summed E-state index contributed by atoms with van der Waals surface area (Å²) in [6.45, 7) is 2.38. The number of nitrogens with two attached hydrogens (primary N) is 1. The molecule has 0 aliphatic carbocycles. The van der Waals surface area contributed by atoms with Gasteiger partial charge in [-0.3, -0.25) is 4.68 Å². The van der Waals surface area contributed by atoms with Gasteiger partial charge in [0.1, 0.15) is 18.1 Å². The van der Waals surface area contributed by atoms with Crippen molar-refractivity contribution in [3.8, 4) is 5.75 Å². The molecule has 1 heterocycles. The standard InChI is InChI=1S/C11H14N4O/c1-8-3-4-9(12)5-11(8)16-7-10-6-15(2)14-13-10/h3-6H,7,12H2,1-2H3. The first-order valence-corrected chi connectivity index (χ1v) is 4.99. The molecular weight excluding hydrogens is 204 g/mol. The van der Waals surface area contributed by atoms with Crippen molar-refractivity contribution in [2.45, 2.75) is 13.5 Å². The van der Waals surface area contributed by atoms with Crippen molar-refractivity contribution in [1.29, 1.82) is 0 Å². The maximum Gasteiger partial charge on any atom is 0.134 e. The average molecular weight is 218 g/mol. The van der Waals surface area contributed by atoms with Crippen molar-refractivity contribution in [1.82, 2.24) is 15.0 Å². The van der Waals surface area contributed by atoms with Crippen molar-refractivity contribution in [2.24, 2.45) is 7.05 Å². The Kier molecular flexibility index (Phi) is 2.76. The highest BCUT2D eigenvalue weighted by Gasteiger charge is 2.03. The predicted molar refractivity (Wildman–Crippen MR) is 60.9 cm³/mol. The molecule has 5 heteroatoms. The largest absolute Gasteiger partial charge is 0.487 e. The number of benzene rings is 1. The normalized spacial score (nSPS) is 10.4. The van der Waals surface area contributed by atoms with Crippen molar-refractivity contribution in [3.05, 3.63) is 35.7 Å². The van der Waals surface area contributed by atoms with E-state index in [-0.39, 0.29) is 0 Å². The van der Waals surface area contributed by atoms with Crippen LogP contribution in [0.25, 0.3) is 0 Å². The van der Waals surface area contributed by atoms with Gasteiger partial charge in [-0.05, 0) is 18.6 Å². The van der Waals surface area contributed by atoms with Crippen LogP contribution in [0.2, 0.25) is 0 Å². The summed E-state index contributed by atoms with van der Waals surface area (Å²) in [4.78, 5) is 0.